The molecule has 3 aliphatic rings. The van der Waals surface area contributed by atoms with Crippen molar-refractivity contribution in [3.63, 3.8) is 0 Å². The van der Waals surface area contributed by atoms with Gasteiger partial charge in [-0.1, -0.05) is 12.1 Å². The molecule has 7 nitrogen and oxygen atoms in total. The van der Waals surface area contributed by atoms with E-state index >= 15 is 0 Å². The fourth-order valence-electron chi connectivity index (χ4n) is 6.19. The molecule has 180 valence electrons. The lowest BCUT2D eigenvalue weighted by molar-refractivity contribution is -0.141. The van der Waals surface area contributed by atoms with Crippen molar-refractivity contribution >= 4 is 22.6 Å². The molecule has 0 unspecified atom stereocenters. The number of benzene rings is 2. The van der Waals surface area contributed by atoms with Crippen molar-refractivity contribution in [1.29, 1.82) is 5.26 Å². The molecule has 3 heterocycles. The van der Waals surface area contributed by atoms with E-state index in [0.29, 0.717) is 24.1 Å². The Hall–Kier alpha value is -3.34. The average Bonchev–Trinajstić information content (AvgIpc) is 3.61. The summed E-state index contributed by atoms with van der Waals surface area (Å²) in [7, 11) is 0. The van der Waals surface area contributed by atoms with Gasteiger partial charge in [0.2, 0.25) is 0 Å². The van der Waals surface area contributed by atoms with Crippen LogP contribution in [0.2, 0.25) is 0 Å². The summed E-state index contributed by atoms with van der Waals surface area (Å²) in [6.07, 6.45) is 2.41. The first-order chi connectivity index (χ1) is 17.0. The van der Waals surface area contributed by atoms with Crippen LogP contribution in [-0.4, -0.2) is 55.4 Å². The molecule has 2 fully saturated rings. The van der Waals surface area contributed by atoms with Gasteiger partial charge in [0.25, 0.3) is 0 Å². The van der Waals surface area contributed by atoms with Gasteiger partial charge < -0.3 is 19.2 Å². The molecule has 1 aliphatic carbocycles. The van der Waals surface area contributed by atoms with Crippen molar-refractivity contribution in [2.24, 2.45) is 5.92 Å². The van der Waals surface area contributed by atoms with E-state index in [9.17, 15) is 15.2 Å². The van der Waals surface area contributed by atoms with E-state index in [-0.39, 0.29) is 12.0 Å². The molecule has 0 amide bonds. The zero-order valence-electron chi connectivity index (χ0n) is 19.9. The number of likely N-dealkylation sites (tertiary alicyclic amines) is 1. The molecule has 1 aromatic heterocycles. The summed E-state index contributed by atoms with van der Waals surface area (Å²) in [5.41, 5.74) is 6.89. The minimum Gasteiger partial charge on any atom is -0.481 e. The molecule has 0 saturated carbocycles. The summed E-state index contributed by atoms with van der Waals surface area (Å²) < 4.78 is 11.9. The molecular formula is C28H29N3O4. The van der Waals surface area contributed by atoms with Gasteiger partial charge >= 0.3 is 5.97 Å². The number of carboxylic acid groups (broad SMARTS) is 1. The summed E-state index contributed by atoms with van der Waals surface area (Å²) in [6, 6.07) is 13.1. The van der Waals surface area contributed by atoms with Crippen LogP contribution in [0.3, 0.4) is 0 Å². The molecule has 2 saturated heterocycles. The van der Waals surface area contributed by atoms with Crippen LogP contribution in [0.1, 0.15) is 41.1 Å². The molecule has 0 spiro atoms. The Morgan fingerprint density at radius 3 is 2.74 bits per heavy atom. The van der Waals surface area contributed by atoms with E-state index in [4.69, 9.17) is 9.15 Å². The van der Waals surface area contributed by atoms with Crippen molar-refractivity contribution < 1.29 is 19.1 Å². The van der Waals surface area contributed by atoms with Gasteiger partial charge in [0.15, 0.2) is 5.58 Å². The summed E-state index contributed by atoms with van der Waals surface area (Å²) >= 11 is 0. The number of furan rings is 1. The van der Waals surface area contributed by atoms with Crippen LogP contribution in [0.25, 0.3) is 22.3 Å². The van der Waals surface area contributed by atoms with E-state index in [0.717, 1.165) is 79.1 Å². The highest BCUT2D eigenvalue weighted by Crippen LogP contribution is 2.44. The predicted molar refractivity (Wildman–Crippen MR) is 133 cm³/mol. The van der Waals surface area contributed by atoms with Gasteiger partial charge in [-0.15, -0.1) is 0 Å². The number of morpholine rings is 1. The van der Waals surface area contributed by atoms with Gasteiger partial charge in [-0.2, -0.15) is 5.26 Å². The number of rotatable bonds is 4. The number of aliphatic carboxylic acids is 1. The van der Waals surface area contributed by atoms with Crippen LogP contribution in [-0.2, 0) is 16.0 Å². The lowest BCUT2D eigenvalue weighted by Crippen LogP contribution is -2.36. The first-order valence-corrected chi connectivity index (χ1v) is 12.4. The lowest BCUT2D eigenvalue weighted by Gasteiger charge is -2.30. The summed E-state index contributed by atoms with van der Waals surface area (Å²) in [4.78, 5) is 16.1. The Balaban J connectivity index is 1.39. The third-order valence-electron chi connectivity index (χ3n) is 8.02. The highest BCUT2D eigenvalue weighted by Gasteiger charge is 2.37. The van der Waals surface area contributed by atoms with Gasteiger partial charge in [0.05, 0.1) is 24.7 Å². The molecule has 35 heavy (non-hydrogen) atoms. The molecule has 2 aliphatic heterocycles. The third kappa shape index (κ3) is 3.69. The van der Waals surface area contributed by atoms with E-state index in [1.807, 2.05) is 0 Å². The van der Waals surface area contributed by atoms with Crippen LogP contribution in [0.4, 0.5) is 5.69 Å². The number of hydrogen-bond acceptors (Lipinski definition) is 6. The molecular weight excluding hydrogens is 442 g/mol. The standard InChI is InChI=1S/C28H29N3O4/c1-17-20(3-2-4-24(17)30-9-11-34-12-10-30)26-14-19-13-22-21(23(15-29)27(19)35-26)5-6-25(22)31-8-7-18(16-31)28(32)33/h2-4,13-14,18,25H,5-12,16H2,1H3,(H,32,33)/t18-,25-/m1/s1. The number of carbonyl (C=O) groups is 1. The second-order valence-corrected chi connectivity index (χ2v) is 9.88. The van der Waals surface area contributed by atoms with Gasteiger partial charge in [-0.3, -0.25) is 9.69 Å². The van der Waals surface area contributed by atoms with Crippen molar-refractivity contribution in [3.05, 3.63) is 52.6 Å². The Morgan fingerprint density at radius 2 is 2.00 bits per heavy atom. The minimum atomic E-state index is -0.715. The number of anilines is 1. The maximum absolute atomic E-state index is 11.5. The van der Waals surface area contributed by atoms with Crippen molar-refractivity contribution in [2.45, 2.75) is 32.2 Å². The van der Waals surface area contributed by atoms with Gasteiger partial charge in [-0.05, 0) is 67.6 Å². The predicted octanol–water partition coefficient (Wildman–Crippen LogP) is 4.51. The molecule has 3 aromatic rings. The smallest absolute Gasteiger partial charge is 0.307 e. The van der Waals surface area contributed by atoms with Crippen LogP contribution < -0.4 is 4.90 Å². The van der Waals surface area contributed by atoms with Gasteiger partial charge in [0, 0.05) is 42.3 Å². The first-order valence-electron chi connectivity index (χ1n) is 12.4. The largest absolute Gasteiger partial charge is 0.481 e. The number of ether oxygens (including phenoxy) is 1. The van der Waals surface area contributed by atoms with Crippen molar-refractivity contribution in [1.82, 2.24) is 4.90 Å². The number of nitrogens with zero attached hydrogens (tertiary/aromatic N) is 3. The Morgan fingerprint density at radius 1 is 1.17 bits per heavy atom. The lowest BCUT2D eigenvalue weighted by atomic mass is 9.99. The van der Waals surface area contributed by atoms with E-state index in [1.54, 1.807) is 0 Å². The minimum absolute atomic E-state index is 0.163. The Kier molecular flexibility index (Phi) is 5.51. The number of nitriles is 1. The third-order valence-corrected chi connectivity index (χ3v) is 8.02. The van der Waals surface area contributed by atoms with Crippen LogP contribution >= 0.6 is 0 Å². The fourth-order valence-corrected chi connectivity index (χ4v) is 6.19. The average molecular weight is 472 g/mol. The summed E-state index contributed by atoms with van der Waals surface area (Å²) in [5, 5.41) is 20.5. The van der Waals surface area contributed by atoms with E-state index < -0.39 is 5.97 Å². The molecule has 2 aromatic carbocycles. The Bertz CT molecular complexity index is 1350. The van der Waals surface area contributed by atoms with E-state index in [2.05, 4.69) is 53.1 Å². The number of hydrogen-bond donors (Lipinski definition) is 1. The Labute approximate surface area is 204 Å². The zero-order chi connectivity index (χ0) is 24.1. The molecule has 2 atom stereocenters. The summed E-state index contributed by atoms with van der Waals surface area (Å²) in [5.74, 6) is -0.245. The number of carboxylic acids is 1. The normalized spacial score (nSPS) is 22.5. The first kappa shape index (κ1) is 22.1. The van der Waals surface area contributed by atoms with Gasteiger partial charge in [0.1, 0.15) is 11.8 Å². The van der Waals surface area contributed by atoms with Crippen LogP contribution in [0.5, 0.6) is 0 Å². The second kappa shape index (κ2) is 8.71. The van der Waals surface area contributed by atoms with Crippen molar-refractivity contribution in [3.8, 4) is 17.4 Å². The van der Waals surface area contributed by atoms with Gasteiger partial charge in [-0.25, -0.2) is 0 Å². The maximum Gasteiger partial charge on any atom is 0.307 e. The molecule has 0 radical (unpaired) electrons. The van der Waals surface area contributed by atoms with E-state index in [1.165, 1.54) is 5.69 Å². The maximum atomic E-state index is 11.5. The second-order valence-electron chi connectivity index (χ2n) is 9.88. The highest BCUT2D eigenvalue weighted by molar-refractivity contribution is 5.90. The summed E-state index contributed by atoms with van der Waals surface area (Å²) in [6.45, 7) is 6.69. The SMILES string of the molecule is Cc1c(-c2cc3cc4c(c(C#N)c3o2)CC[C@H]4N2CC[C@@H](C(=O)O)C2)cccc1N1CCOCC1. The fraction of sp³-hybridized carbons (Fsp3) is 0.429. The zero-order valence-corrected chi connectivity index (χ0v) is 19.9. The molecule has 0 bridgehead atoms. The molecule has 1 N–H and O–H groups in total. The quantitative estimate of drug-likeness (QED) is 0.599. The monoisotopic (exact) mass is 471 g/mol. The highest BCUT2D eigenvalue weighted by atomic mass is 16.5. The molecule has 7 heteroatoms. The molecule has 6 rings (SSSR count). The number of fused-ring (bicyclic) bond motifs is 2. The van der Waals surface area contributed by atoms with Crippen molar-refractivity contribution in [2.75, 3.05) is 44.3 Å². The van der Waals surface area contributed by atoms with Crippen LogP contribution in [0.15, 0.2) is 34.7 Å². The van der Waals surface area contributed by atoms with Crippen LogP contribution in [0, 0.1) is 24.2 Å². The topological polar surface area (TPSA) is 89.9 Å².